The van der Waals surface area contributed by atoms with Crippen LogP contribution in [0, 0.1) is 11.6 Å². The maximum absolute atomic E-state index is 15.8. The van der Waals surface area contributed by atoms with Gasteiger partial charge in [0.1, 0.15) is 34.1 Å². The van der Waals surface area contributed by atoms with Gasteiger partial charge in [0.25, 0.3) is 15.9 Å². The van der Waals surface area contributed by atoms with Crippen LogP contribution in [-0.4, -0.2) is 65.0 Å². The number of nitrogens with two attached hydrogens (primary N) is 1. The molecule has 7 rings (SSSR count). The van der Waals surface area contributed by atoms with Crippen LogP contribution in [-0.2, 0) is 14.8 Å². The molecule has 0 spiro atoms. The molecule has 1 fully saturated rings. The minimum absolute atomic E-state index is 0.0636. The first-order chi connectivity index (χ1) is 23.1. The second kappa shape index (κ2) is 12.3. The third-order valence-electron chi connectivity index (χ3n) is 7.81. The first-order valence-electron chi connectivity index (χ1n) is 14.5. The normalized spacial score (nSPS) is 13.6. The lowest BCUT2D eigenvalue weighted by molar-refractivity contribution is 0.0304. The van der Waals surface area contributed by atoms with E-state index in [1.165, 1.54) is 24.5 Å². The number of halogens is 3. The van der Waals surface area contributed by atoms with Crippen molar-refractivity contribution in [3.63, 3.8) is 0 Å². The number of carbonyl (C=O) groups is 1. The molecule has 4 N–H and O–H groups in total. The molecule has 0 aliphatic carbocycles. The Balaban J connectivity index is 1.28. The minimum atomic E-state index is -4.33. The highest BCUT2D eigenvalue weighted by Gasteiger charge is 2.26. The number of nitrogens with zero attached hydrogens (tertiary/aromatic N) is 5. The molecule has 48 heavy (non-hydrogen) atoms. The molecule has 0 radical (unpaired) electrons. The minimum Gasteiger partial charge on any atom is -0.398 e. The maximum Gasteiger partial charge on any atom is 0.263 e. The molecule has 1 amide bonds. The zero-order valence-corrected chi connectivity index (χ0v) is 26.4. The highest BCUT2D eigenvalue weighted by atomic mass is 35.5. The largest absolute Gasteiger partial charge is 0.398 e. The molecule has 244 valence electrons. The van der Waals surface area contributed by atoms with Crippen LogP contribution in [0.15, 0.2) is 84.1 Å². The van der Waals surface area contributed by atoms with Gasteiger partial charge in [0.05, 0.1) is 40.5 Å². The monoisotopic (exact) mass is 690 g/mol. The van der Waals surface area contributed by atoms with Gasteiger partial charge in [0.2, 0.25) is 0 Å². The van der Waals surface area contributed by atoms with E-state index in [1.54, 1.807) is 52.1 Å². The summed E-state index contributed by atoms with van der Waals surface area (Å²) in [4.78, 5) is 28.1. The predicted octanol–water partition coefficient (Wildman–Crippen LogP) is 5.50. The van der Waals surface area contributed by atoms with E-state index in [1.807, 2.05) is 0 Å². The topological polar surface area (TPSA) is 157 Å². The van der Waals surface area contributed by atoms with Gasteiger partial charge < -0.3 is 25.3 Å². The first-order valence-corrected chi connectivity index (χ1v) is 16.4. The number of anilines is 4. The molecule has 16 heteroatoms. The van der Waals surface area contributed by atoms with E-state index >= 15 is 8.78 Å². The maximum atomic E-state index is 15.8. The van der Waals surface area contributed by atoms with Gasteiger partial charge in [-0.1, -0.05) is 29.8 Å². The number of nitrogens with one attached hydrogen (secondary N) is 2. The lowest BCUT2D eigenvalue weighted by Gasteiger charge is -2.26. The number of fused-ring (bicyclic) bond motifs is 2. The highest BCUT2D eigenvalue weighted by Crippen LogP contribution is 2.34. The van der Waals surface area contributed by atoms with Gasteiger partial charge in [-0.3, -0.25) is 9.52 Å². The van der Waals surface area contributed by atoms with E-state index in [2.05, 4.69) is 20.0 Å². The number of hydrogen-bond acceptors (Lipinski definition) is 9. The average Bonchev–Trinajstić information content (AvgIpc) is 3.49. The third-order valence-corrected chi connectivity index (χ3v) is 9.67. The lowest BCUT2D eigenvalue weighted by Crippen LogP contribution is -2.40. The van der Waals surface area contributed by atoms with Crippen molar-refractivity contribution in [2.24, 2.45) is 0 Å². The van der Waals surface area contributed by atoms with Crippen molar-refractivity contribution in [2.75, 3.05) is 42.1 Å². The number of benzene rings is 3. The number of hydrogen-bond donors (Lipinski definition) is 3. The zero-order chi connectivity index (χ0) is 33.6. The fourth-order valence-electron chi connectivity index (χ4n) is 5.49. The van der Waals surface area contributed by atoms with Gasteiger partial charge >= 0.3 is 0 Å². The average molecular weight is 691 g/mol. The van der Waals surface area contributed by atoms with E-state index in [4.69, 9.17) is 27.1 Å². The lowest BCUT2D eigenvalue weighted by atomic mass is 10.1. The summed E-state index contributed by atoms with van der Waals surface area (Å²) in [5.41, 5.74) is 7.03. The van der Waals surface area contributed by atoms with Crippen LogP contribution in [0.5, 0.6) is 0 Å². The van der Waals surface area contributed by atoms with E-state index in [0.29, 0.717) is 59.8 Å². The molecule has 3 aromatic carbocycles. The van der Waals surface area contributed by atoms with Gasteiger partial charge in [-0.15, -0.1) is 0 Å². The molecule has 0 saturated carbocycles. The third kappa shape index (κ3) is 5.61. The van der Waals surface area contributed by atoms with E-state index in [9.17, 15) is 13.2 Å². The summed E-state index contributed by atoms with van der Waals surface area (Å²) < 4.78 is 66.0. The van der Waals surface area contributed by atoms with Gasteiger partial charge in [0, 0.05) is 30.4 Å². The Morgan fingerprint density at radius 1 is 0.979 bits per heavy atom. The summed E-state index contributed by atoms with van der Waals surface area (Å²) in [5.74, 6) is -2.17. The van der Waals surface area contributed by atoms with Crippen molar-refractivity contribution >= 4 is 72.3 Å². The van der Waals surface area contributed by atoms with Crippen molar-refractivity contribution in [3.8, 4) is 5.82 Å². The Kier molecular flexibility index (Phi) is 8.02. The highest BCUT2D eigenvalue weighted by molar-refractivity contribution is 7.92. The van der Waals surface area contributed by atoms with Crippen molar-refractivity contribution in [1.29, 1.82) is 0 Å². The summed E-state index contributed by atoms with van der Waals surface area (Å²) in [6, 6.07) is 16.1. The number of sulfonamides is 1. The molecule has 4 heterocycles. The molecule has 0 unspecified atom stereocenters. The zero-order valence-electron chi connectivity index (χ0n) is 24.8. The van der Waals surface area contributed by atoms with Crippen molar-refractivity contribution in [1.82, 2.24) is 24.4 Å². The fraction of sp³-hybridized carbons (Fsp3) is 0.125. The van der Waals surface area contributed by atoms with Crippen LogP contribution in [0.3, 0.4) is 0 Å². The van der Waals surface area contributed by atoms with Crippen molar-refractivity contribution < 1.29 is 26.7 Å². The number of pyridine rings is 1. The van der Waals surface area contributed by atoms with Crippen LogP contribution in [0.2, 0.25) is 5.02 Å². The number of amides is 1. The number of rotatable bonds is 7. The summed E-state index contributed by atoms with van der Waals surface area (Å²) in [7, 11) is -4.33. The van der Waals surface area contributed by atoms with E-state index in [-0.39, 0.29) is 27.2 Å². The number of ether oxygens (including phenoxy) is 1. The van der Waals surface area contributed by atoms with Gasteiger partial charge in [-0.2, -0.15) is 0 Å². The Morgan fingerprint density at radius 3 is 2.56 bits per heavy atom. The van der Waals surface area contributed by atoms with Crippen molar-refractivity contribution in [2.45, 2.75) is 4.90 Å². The molecule has 0 atom stereocenters. The van der Waals surface area contributed by atoms with Gasteiger partial charge in [-0.05, 0) is 48.5 Å². The molecule has 1 aliphatic heterocycles. The second-order valence-electron chi connectivity index (χ2n) is 10.8. The Morgan fingerprint density at radius 2 is 1.77 bits per heavy atom. The summed E-state index contributed by atoms with van der Waals surface area (Å²) in [6.45, 7) is 1.74. The fourth-order valence-corrected chi connectivity index (χ4v) is 7.07. The Bertz CT molecular complexity index is 2350. The van der Waals surface area contributed by atoms with Gasteiger partial charge in [-0.25, -0.2) is 32.2 Å². The second-order valence-corrected chi connectivity index (χ2v) is 12.8. The van der Waals surface area contributed by atoms with Gasteiger partial charge in [0.15, 0.2) is 11.6 Å². The van der Waals surface area contributed by atoms with E-state index in [0.717, 1.165) is 12.1 Å². The van der Waals surface area contributed by atoms with Crippen molar-refractivity contribution in [3.05, 3.63) is 101 Å². The summed E-state index contributed by atoms with van der Waals surface area (Å²) in [6.07, 6.45) is 2.84. The standard InChI is InChI=1S/C32H25ClF2N8O4S/c33-19-4-1-2-7-25(19)48(45,46)41-22-9-8-20(34)29(28(22)35)40-31-30-23(37-17-38-31)10-11-26(39-30)43-16-18(27-21(36)5-3-6-24(27)43)32(44)42-12-14-47-15-13-42/h1-11,16-17,41H,12-15,36H2,(H,37,38,40). The Labute approximate surface area is 277 Å². The van der Waals surface area contributed by atoms with E-state index < -0.39 is 33.0 Å². The molecule has 1 aliphatic rings. The predicted molar refractivity (Wildman–Crippen MR) is 177 cm³/mol. The number of carbonyl (C=O) groups excluding carboxylic acids is 1. The first kappa shape index (κ1) is 31.2. The molecule has 0 bridgehead atoms. The molecule has 3 aromatic heterocycles. The molecular formula is C32H25ClF2N8O4S. The molecule has 6 aromatic rings. The van der Waals surface area contributed by atoms with Crippen LogP contribution in [0.1, 0.15) is 10.4 Å². The van der Waals surface area contributed by atoms with Crippen LogP contribution in [0.4, 0.5) is 31.7 Å². The summed E-state index contributed by atoms with van der Waals surface area (Å²) in [5, 5.41) is 3.11. The molecule has 12 nitrogen and oxygen atoms in total. The molecule has 1 saturated heterocycles. The number of aromatic nitrogens is 4. The quantitative estimate of drug-likeness (QED) is 0.184. The molecular weight excluding hydrogens is 666 g/mol. The SMILES string of the molecule is Nc1cccc2c1c(C(=O)N1CCOCC1)cn2-c1ccc2ncnc(Nc3c(F)ccc(NS(=O)(=O)c4ccccc4Cl)c3F)c2n1. The Hall–Kier alpha value is -5.38. The number of nitrogen functional groups attached to an aromatic ring is 1. The van der Waals surface area contributed by atoms with Crippen LogP contribution >= 0.6 is 11.6 Å². The van der Waals surface area contributed by atoms with Crippen LogP contribution < -0.4 is 15.8 Å². The summed E-state index contributed by atoms with van der Waals surface area (Å²) >= 11 is 6.05. The smallest absolute Gasteiger partial charge is 0.263 e. The van der Waals surface area contributed by atoms with Crippen LogP contribution in [0.25, 0.3) is 27.8 Å². The number of morpholine rings is 1.